The van der Waals surface area contributed by atoms with Gasteiger partial charge in [0.25, 0.3) is 0 Å². The molecular formula is C19H21NO4S. The number of aromatic nitrogens is 1. The number of aldehydes is 1. The minimum atomic E-state index is -0.759. The summed E-state index contributed by atoms with van der Waals surface area (Å²) >= 11 is 1.48. The average molecular weight is 359 g/mol. The van der Waals surface area contributed by atoms with Crippen LogP contribution in [0.2, 0.25) is 0 Å². The van der Waals surface area contributed by atoms with Crippen molar-refractivity contribution in [1.82, 2.24) is 4.98 Å². The van der Waals surface area contributed by atoms with Gasteiger partial charge in [-0.25, -0.2) is 4.98 Å². The number of carbonyl (C=O) groups excluding carboxylic acids is 1. The smallest absolute Gasteiger partial charge is 0.309 e. The van der Waals surface area contributed by atoms with E-state index in [1.54, 1.807) is 13.0 Å². The quantitative estimate of drug-likeness (QED) is 0.804. The lowest BCUT2D eigenvalue weighted by atomic mass is 9.74. The van der Waals surface area contributed by atoms with Crippen LogP contribution >= 0.6 is 11.3 Å². The molecule has 1 saturated carbocycles. The molecule has 0 unspecified atom stereocenters. The molecule has 1 N–H and O–H groups in total. The molecule has 2 aromatic rings. The van der Waals surface area contributed by atoms with Crippen LogP contribution in [-0.2, 0) is 4.79 Å². The largest absolute Gasteiger partial charge is 0.488 e. The molecule has 2 aromatic heterocycles. The van der Waals surface area contributed by atoms with Crippen molar-refractivity contribution in [2.75, 3.05) is 0 Å². The summed E-state index contributed by atoms with van der Waals surface area (Å²) < 4.78 is 6.07. The van der Waals surface area contributed by atoms with Crippen molar-refractivity contribution in [1.29, 1.82) is 0 Å². The van der Waals surface area contributed by atoms with Crippen molar-refractivity contribution >= 4 is 23.6 Å². The second-order valence-electron chi connectivity index (χ2n) is 6.80. The number of rotatable bonds is 5. The van der Waals surface area contributed by atoms with Crippen LogP contribution < -0.4 is 4.74 Å². The molecule has 1 aliphatic carbocycles. The zero-order chi connectivity index (χ0) is 18.0. The summed E-state index contributed by atoms with van der Waals surface area (Å²) in [5.74, 6) is -0.0855. The zero-order valence-corrected chi connectivity index (χ0v) is 15.1. The number of hydrogen-bond donors (Lipinski definition) is 1. The summed E-state index contributed by atoms with van der Waals surface area (Å²) in [4.78, 5) is 28.0. The van der Waals surface area contributed by atoms with Crippen molar-refractivity contribution in [3.05, 3.63) is 34.8 Å². The topological polar surface area (TPSA) is 76.5 Å². The lowest BCUT2D eigenvalue weighted by Crippen LogP contribution is -2.38. The van der Waals surface area contributed by atoms with Crippen LogP contribution in [0, 0.1) is 12.3 Å². The Balaban J connectivity index is 1.78. The van der Waals surface area contributed by atoms with Crippen LogP contribution in [0.5, 0.6) is 5.75 Å². The first-order valence-electron chi connectivity index (χ1n) is 8.34. The highest BCUT2D eigenvalue weighted by atomic mass is 32.1. The Bertz CT molecular complexity index is 800. The van der Waals surface area contributed by atoms with Crippen molar-refractivity contribution in [3.8, 4) is 16.3 Å². The molecule has 132 valence electrons. The third-order valence-electron chi connectivity index (χ3n) is 4.84. The molecule has 6 heteroatoms. The number of carbonyl (C=O) groups is 2. The van der Waals surface area contributed by atoms with Crippen LogP contribution in [-0.4, -0.2) is 28.4 Å². The van der Waals surface area contributed by atoms with Gasteiger partial charge in [-0.2, -0.15) is 0 Å². The molecule has 0 amide bonds. The number of aryl methyl sites for hydroxylation is 1. The van der Waals surface area contributed by atoms with E-state index in [1.807, 2.05) is 24.4 Å². The van der Waals surface area contributed by atoms with E-state index in [1.165, 1.54) is 11.3 Å². The molecule has 25 heavy (non-hydrogen) atoms. The maximum atomic E-state index is 11.5. The fourth-order valence-corrected chi connectivity index (χ4v) is 4.16. The van der Waals surface area contributed by atoms with Gasteiger partial charge in [-0.1, -0.05) is 0 Å². The summed E-state index contributed by atoms with van der Waals surface area (Å²) in [6, 6.07) is 5.49. The maximum Gasteiger partial charge on any atom is 0.309 e. The molecule has 2 atom stereocenters. The summed E-state index contributed by atoms with van der Waals surface area (Å²) in [6.07, 6.45) is 3.60. The lowest BCUT2D eigenvalue weighted by Gasteiger charge is -2.34. The monoisotopic (exact) mass is 359 g/mol. The van der Waals surface area contributed by atoms with E-state index in [9.17, 15) is 14.7 Å². The summed E-state index contributed by atoms with van der Waals surface area (Å²) in [7, 11) is 0. The molecule has 0 radical (unpaired) electrons. The third-order valence-corrected chi connectivity index (χ3v) is 5.79. The SMILES string of the molecule is Cc1nc(-c2sccc2C=O)ccc1O[C@H]1CCC[C@](C)(C(=O)O)C1. The average Bonchev–Trinajstić information content (AvgIpc) is 3.05. The Labute approximate surface area is 150 Å². The molecule has 0 bridgehead atoms. The van der Waals surface area contributed by atoms with E-state index in [-0.39, 0.29) is 6.10 Å². The van der Waals surface area contributed by atoms with E-state index in [0.29, 0.717) is 24.2 Å². The van der Waals surface area contributed by atoms with Gasteiger partial charge in [0.15, 0.2) is 6.29 Å². The number of carboxylic acid groups (broad SMARTS) is 1. The van der Waals surface area contributed by atoms with Crippen molar-refractivity contribution in [2.45, 2.75) is 45.6 Å². The molecular weight excluding hydrogens is 338 g/mol. The van der Waals surface area contributed by atoms with Crippen LogP contribution in [0.4, 0.5) is 0 Å². The van der Waals surface area contributed by atoms with Gasteiger partial charge in [0.05, 0.1) is 27.8 Å². The number of carboxylic acids is 1. The first-order valence-corrected chi connectivity index (χ1v) is 9.21. The van der Waals surface area contributed by atoms with Crippen LogP contribution in [0.3, 0.4) is 0 Å². The van der Waals surface area contributed by atoms with Crippen LogP contribution in [0.25, 0.3) is 10.6 Å². The summed E-state index contributed by atoms with van der Waals surface area (Å²) in [5.41, 5.74) is 1.40. The number of hydrogen-bond acceptors (Lipinski definition) is 5. The first kappa shape index (κ1) is 17.6. The van der Waals surface area contributed by atoms with Gasteiger partial charge in [-0.05, 0) is 56.7 Å². The van der Waals surface area contributed by atoms with Gasteiger partial charge < -0.3 is 9.84 Å². The Morgan fingerprint density at radius 1 is 1.44 bits per heavy atom. The third kappa shape index (κ3) is 3.58. The normalized spacial score (nSPS) is 23.2. The summed E-state index contributed by atoms with van der Waals surface area (Å²) in [5, 5.41) is 11.3. The van der Waals surface area contributed by atoms with Crippen molar-refractivity contribution in [3.63, 3.8) is 0 Å². The second-order valence-corrected chi connectivity index (χ2v) is 7.72. The molecule has 0 aromatic carbocycles. The minimum Gasteiger partial charge on any atom is -0.488 e. The Morgan fingerprint density at radius 3 is 2.92 bits per heavy atom. The second kappa shape index (κ2) is 6.96. The number of nitrogens with zero attached hydrogens (tertiary/aromatic N) is 1. The fourth-order valence-electron chi connectivity index (χ4n) is 3.32. The molecule has 1 aliphatic rings. The molecule has 3 rings (SSSR count). The number of ether oxygens (including phenoxy) is 1. The zero-order valence-electron chi connectivity index (χ0n) is 14.3. The van der Waals surface area contributed by atoms with E-state index in [0.717, 1.165) is 35.4 Å². The lowest BCUT2D eigenvalue weighted by molar-refractivity contribution is -0.151. The molecule has 1 fully saturated rings. The highest BCUT2D eigenvalue weighted by Gasteiger charge is 2.39. The van der Waals surface area contributed by atoms with E-state index < -0.39 is 11.4 Å². The van der Waals surface area contributed by atoms with Gasteiger partial charge in [0, 0.05) is 12.0 Å². The highest BCUT2D eigenvalue weighted by molar-refractivity contribution is 7.13. The Kier molecular flexibility index (Phi) is 4.90. The summed E-state index contributed by atoms with van der Waals surface area (Å²) in [6.45, 7) is 3.66. The number of aliphatic carboxylic acids is 1. The predicted octanol–water partition coefficient (Wildman–Crippen LogP) is 4.34. The van der Waals surface area contributed by atoms with Gasteiger partial charge in [0.1, 0.15) is 5.75 Å². The van der Waals surface area contributed by atoms with Gasteiger partial charge >= 0.3 is 5.97 Å². The number of thiophene rings is 1. The maximum absolute atomic E-state index is 11.5. The molecule has 0 aliphatic heterocycles. The van der Waals surface area contributed by atoms with E-state index >= 15 is 0 Å². The van der Waals surface area contributed by atoms with Crippen molar-refractivity contribution in [2.24, 2.45) is 5.41 Å². The first-order chi connectivity index (χ1) is 11.9. The predicted molar refractivity (Wildman–Crippen MR) is 96.3 cm³/mol. The van der Waals surface area contributed by atoms with Crippen molar-refractivity contribution < 1.29 is 19.4 Å². The van der Waals surface area contributed by atoms with Crippen LogP contribution in [0.15, 0.2) is 23.6 Å². The van der Waals surface area contributed by atoms with Gasteiger partial charge in [0.2, 0.25) is 0 Å². The van der Waals surface area contributed by atoms with E-state index in [4.69, 9.17) is 4.74 Å². The highest BCUT2D eigenvalue weighted by Crippen LogP contribution is 2.38. The fraction of sp³-hybridized carbons (Fsp3) is 0.421. The minimum absolute atomic E-state index is 0.117. The van der Waals surface area contributed by atoms with Crippen LogP contribution in [0.1, 0.15) is 48.7 Å². The molecule has 0 saturated heterocycles. The standard InChI is InChI=1S/C19H21NO4S/c1-12-16(24-14-4-3-8-19(2,10-14)18(22)23)6-5-15(20-12)17-13(11-21)7-9-25-17/h5-7,9,11,14H,3-4,8,10H2,1-2H3,(H,22,23)/t14-,19-/m0/s1. The van der Waals surface area contributed by atoms with E-state index in [2.05, 4.69) is 4.98 Å². The van der Waals surface area contributed by atoms with Gasteiger partial charge in [-0.15, -0.1) is 11.3 Å². The number of pyridine rings is 1. The Hall–Kier alpha value is -2.21. The molecule has 5 nitrogen and oxygen atoms in total. The van der Waals surface area contributed by atoms with Gasteiger partial charge in [-0.3, -0.25) is 9.59 Å². The molecule has 0 spiro atoms. The molecule has 2 heterocycles. The Morgan fingerprint density at radius 2 is 2.24 bits per heavy atom.